The van der Waals surface area contributed by atoms with E-state index in [-0.39, 0.29) is 0 Å². The van der Waals surface area contributed by atoms with Crippen molar-refractivity contribution in [2.75, 3.05) is 0 Å². The summed E-state index contributed by atoms with van der Waals surface area (Å²) >= 11 is 3.78. The van der Waals surface area contributed by atoms with Gasteiger partial charge >= 0.3 is 7.48 Å². The molecule has 1 unspecified atom stereocenters. The van der Waals surface area contributed by atoms with Gasteiger partial charge in [0.15, 0.2) is 0 Å². The van der Waals surface area contributed by atoms with Crippen LogP contribution in [0.1, 0.15) is 49.9 Å². The Morgan fingerprint density at radius 1 is 0.595 bits per heavy atom. The SMILES string of the molecule is CC(C)(O)C(C)(C)O[B]c1cccc2c1-c1ccccc1C21c2ccccc2-c2c1ccc1c2Sc2ccccc2S1. The van der Waals surface area contributed by atoms with Gasteiger partial charge in [-0.05, 0) is 90.3 Å². The summed E-state index contributed by atoms with van der Waals surface area (Å²) in [4.78, 5) is 5.31. The maximum absolute atomic E-state index is 10.8. The first-order valence-corrected chi connectivity index (χ1v) is 16.0. The van der Waals surface area contributed by atoms with Crippen molar-refractivity contribution in [3.05, 3.63) is 125 Å². The lowest BCUT2D eigenvalue weighted by Gasteiger charge is -2.37. The third-order valence-corrected chi connectivity index (χ3v) is 12.1. The molecule has 2 nitrogen and oxygen atoms in total. The predicted octanol–water partition coefficient (Wildman–Crippen LogP) is 8.46. The minimum atomic E-state index is -1.00. The molecular formula is C37H30BO2S2. The zero-order chi connectivity index (χ0) is 28.9. The van der Waals surface area contributed by atoms with Gasteiger partial charge in [0.05, 0.1) is 16.6 Å². The molecule has 2 aliphatic carbocycles. The molecule has 1 atom stereocenters. The first-order chi connectivity index (χ1) is 20.2. The summed E-state index contributed by atoms with van der Waals surface area (Å²) in [5, 5.41) is 10.8. The number of benzene rings is 5. The lowest BCUT2D eigenvalue weighted by molar-refractivity contribution is -0.0893. The molecule has 42 heavy (non-hydrogen) atoms. The molecule has 3 aliphatic rings. The molecule has 0 amide bonds. The first-order valence-electron chi connectivity index (χ1n) is 14.4. The average Bonchev–Trinajstić information content (AvgIpc) is 3.46. The van der Waals surface area contributed by atoms with Crippen LogP contribution in [0.25, 0.3) is 22.3 Å². The van der Waals surface area contributed by atoms with Crippen LogP contribution in [0.4, 0.5) is 0 Å². The topological polar surface area (TPSA) is 29.5 Å². The second kappa shape index (κ2) is 9.14. The number of rotatable bonds is 4. The van der Waals surface area contributed by atoms with E-state index < -0.39 is 16.6 Å². The summed E-state index contributed by atoms with van der Waals surface area (Å²) in [6.45, 7) is 7.45. The van der Waals surface area contributed by atoms with E-state index in [0.717, 1.165) is 5.46 Å². The fraction of sp³-hybridized carbons (Fsp3) is 0.189. The molecule has 8 rings (SSSR count). The van der Waals surface area contributed by atoms with Gasteiger partial charge in [0.1, 0.15) is 0 Å². The van der Waals surface area contributed by atoms with Gasteiger partial charge in [-0.1, -0.05) is 108 Å². The lowest BCUT2D eigenvalue weighted by Crippen LogP contribution is -2.49. The Labute approximate surface area is 256 Å². The van der Waals surface area contributed by atoms with Crippen LogP contribution in [-0.4, -0.2) is 23.8 Å². The lowest BCUT2D eigenvalue weighted by atomic mass is 9.69. The minimum absolute atomic E-state index is 0.426. The quantitative estimate of drug-likeness (QED) is 0.211. The van der Waals surface area contributed by atoms with Crippen molar-refractivity contribution in [3.63, 3.8) is 0 Å². The van der Waals surface area contributed by atoms with E-state index in [1.807, 2.05) is 44.9 Å². The molecule has 1 heterocycles. The number of hydrogen-bond donors (Lipinski definition) is 1. The van der Waals surface area contributed by atoms with Crippen molar-refractivity contribution >= 4 is 36.5 Å². The Balaban J connectivity index is 1.38. The molecule has 0 aromatic heterocycles. The van der Waals surface area contributed by atoms with E-state index in [1.54, 1.807) is 13.8 Å². The van der Waals surface area contributed by atoms with Gasteiger partial charge in [0.2, 0.25) is 0 Å². The summed E-state index contributed by atoms with van der Waals surface area (Å²) in [5.41, 5.74) is 9.20. The van der Waals surface area contributed by atoms with Gasteiger partial charge < -0.3 is 9.76 Å². The Morgan fingerprint density at radius 3 is 1.86 bits per heavy atom. The molecule has 5 heteroatoms. The summed E-state index contributed by atoms with van der Waals surface area (Å²) in [6, 6.07) is 37.9. The van der Waals surface area contributed by atoms with E-state index in [9.17, 15) is 5.11 Å². The molecule has 0 fully saturated rings. The normalized spacial score (nSPS) is 17.6. The highest BCUT2D eigenvalue weighted by molar-refractivity contribution is 8.05. The van der Waals surface area contributed by atoms with Crippen LogP contribution in [0.5, 0.6) is 0 Å². The minimum Gasteiger partial charge on any atom is -0.427 e. The number of aliphatic hydroxyl groups is 1. The highest BCUT2D eigenvalue weighted by atomic mass is 32.2. The molecular weight excluding hydrogens is 551 g/mol. The Bertz CT molecular complexity index is 1920. The predicted molar refractivity (Wildman–Crippen MR) is 174 cm³/mol. The fourth-order valence-corrected chi connectivity index (χ4v) is 9.14. The summed E-state index contributed by atoms with van der Waals surface area (Å²) in [7, 11) is 1.85. The van der Waals surface area contributed by atoms with Crippen molar-refractivity contribution < 1.29 is 9.76 Å². The van der Waals surface area contributed by atoms with E-state index in [2.05, 4.69) is 103 Å². The van der Waals surface area contributed by atoms with Gasteiger partial charge in [-0.15, -0.1) is 0 Å². The van der Waals surface area contributed by atoms with Crippen molar-refractivity contribution in [3.8, 4) is 22.3 Å². The molecule has 5 aromatic rings. The van der Waals surface area contributed by atoms with Crippen LogP contribution in [0.2, 0.25) is 0 Å². The van der Waals surface area contributed by atoms with Crippen LogP contribution in [-0.2, 0) is 10.1 Å². The standard InChI is InChI=1S/C37H30BO2S2/c1-35(2,39)36(3,4)40-38-28-17-11-16-26-32(28)22-12-5-7-14-24(22)37(26)25-15-8-6-13-23(25)33-27(37)20-21-31-34(33)42-30-19-10-9-18-29(30)41-31/h5-21,39H,1-4H3. The first kappa shape index (κ1) is 26.4. The number of fused-ring (bicyclic) bond motifs is 13. The van der Waals surface area contributed by atoms with Crippen LogP contribution in [0.15, 0.2) is 123 Å². The smallest absolute Gasteiger partial charge is 0.331 e. The molecule has 1 spiro atoms. The highest BCUT2D eigenvalue weighted by Gasteiger charge is 2.53. The zero-order valence-electron chi connectivity index (χ0n) is 24.1. The van der Waals surface area contributed by atoms with E-state index in [4.69, 9.17) is 4.65 Å². The molecule has 1 N–H and O–H groups in total. The summed E-state index contributed by atoms with van der Waals surface area (Å²) in [6.07, 6.45) is 0. The van der Waals surface area contributed by atoms with Crippen LogP contribution in [0, 0.1) is 0 Å². The molecule has 0 bridgehead atoms. The largest absolute Gasteiger partial charge is 0.427 e. The van der Waals surface area contributed by atoms with Gasteiger partial charge in [-0.25, -0.2) is 0 Å². The van der Waals surface area contributed by atoms with Crippen molar-refractivity contribution in [2.24, 2.45) is 0 Å². The van der Waals surface area contributed by atoms with E-state index in [1.165, 1.54) is 64.1 Å². The van der Waals surface area contributed by atoms with Crippen molar-refractivity contribution in [1.29, 1.82) is 0 Å². The van der Waals surface area contributed by atoms with Crippen molar-refractivity contribution in [2.45, 2.75) is 63.9 Å². The monoisotopic (exact) mass is 581 g/mol. The van der Waals surface area contributed by atoms with Gasteiger partial charge in [-0.2, -0.15) is 0 Å². The molecule has 0 saturated heterocycles. The van der Waals surface area contributed by atoms with Gasteiger partial charge in [-0.3, -0.25) is 0 Å². The summed E-state index contributed by atoms with van der Waals surface area (Å²) < 4.78 is 6.34. The fourth-order valence-electron chi connectivity index (χ4n) is 6.74. The Kier molecular flexibility index (Phi) is 5.75. The summed E-state index contributed by atoms with van der Waals surface area (Å²) in [5.74, 6) is 0. The second-order valence-electron chi connectivity index (χ2n) is 12.4. The van der Waals surface area contributed by atoms with Gasteiger partial charge in [0.25, 0.3) is 0 Å². The molecule has 1 aliphatic heterocycles. The second-order valence-corrected chi connectivity index (χ2v) is 14.5. The molecule has 5 aromatic carbocycles. The van der Waals surface area contributed by atoms with Crippen LogP contribution in [0.3, 0.4) is 0 Å². The van der Waals surface area contributed by atoms with Crippen LogP contribution < -0.4 is 5.46 Å². The molecule has 0 saturated carbocycles. The van der Waals surface area contributed by atoms with Crippen LogP contribution >= 0.6 is 23.5 Å². The van der Waals surface area contributed by atoms with E-state index in [0.29, 0.717) is 0 Å². The number of hydrogen-bond acceptors (Lipinski definition) is 4. The molecule has 1 radical (unpaired) electrons. The van der Waals surface area contributed by atoms with Crippen molar-refractivity contribution in [1.82, 2.24) is 0 Å². The van der Waals surface area contributed by atoms with E-state index >= 15 is 0 Å². The maximum Gasteiger partial charge on any atom is 0.331 e. The zero-order valence-corrected chi connectivity index (χ0v) is 25.7. The highest BCUT2D eigenvalue weighted by Crippen LogP contribution is 2.65. The van der Waals surface area contributed by atoms with Gasteiger partial charge in [0, 0.05) is 25.1 Å². The third kappa shape index (κ3) is 3.51. The maximum atomic E-state index is 10.8. The Hall–Kier alpha value is -3.22. The third-order valence-electron chi connectivity index (χ3n) is 9.46. The Morgan fingerprint density at radius 2 is 1.17 bits per heavy atom. The average molecular weight is 582 g/mol. The molecule has 205 valence electrons.